The second kappa shape index (κ2) is 12.2. The van der Waals surface area contributed by atoms with Crippen molar-refractivity contribution in [1.82, 2.24) is 4.57 Å². The van der Waals surface area contributed by atoms with Crippen LogP contribution in [0, 0.1) is 0 Å². The van der Waals surface area contributed by atoms with E-state index in [1.54, 1.807) is 43.3 Å². The molecule has 0 radical (unpaired) electrons. The normalized spacial score (nSPS) is 11.5. The zero-order valence-corrected chi connectivity index (χ0v) is 19.9. The first-order chi connectivity index (χ1) is 16.0. The SMILES string of the molecule is CCOCCn1c(=NC(=O)COc2ccc(OCC)cc2)sc2cc(C(=O)OCC)ccc21. The Hall–Kier alpha value is -3.17. The molecule has 0 atom stereocenters. The molecule has 0 aliphatic carbocycles. The van der Waals surface area contributed by atoms with E-state index >= 15 is 0 Å². The lowest BCUT2D eigenvalue weighted by molar-refractivity contribution is -0.120. The van der Waals surface area contributed by atoms with E-state index in [-0.39, 0.29) is 12.6 Å². The van der Waals surface area contributed by atoms with Gasteiger partial charge in [0, 0.05) is 13.2 Å². The second-order valence-electron chi connectivity index (χ2n) is 6.83. The van der Waals surface area contributed by atoms with Crippen LogP contribution in [0.25, 0.3) is 10.2 Å². The van der Waals surface area contributed by atoms with Gasteiger partial charge in [-0.15, -0.1) is 0 Å². The third-order valence-electron chi connectivity index (χ3n) is 4.57. The second-order valence-corrected chi connectivity index (χ2v) is 7.84. The van der Waals surface area contributed by atoms with E-state index in [1.165, 1.54) is 11.3 Å². The summed E-state index contributed by atoms with van der Waals surface area (Å²) < 4.78 is 24.3. The molecule has 1 aromatic heterocycles. The van der Waals surface area contributed by atoms with Crippen LogP contribution in [0.2, 0.25) is 0 Å². The van der Waals surface area contributed by atoms with E-state index in [4.69, 9.17) is 18.9 Å². The summed E-state index contributed by atoms with van der Waals surface area (Å²) in [5.41, 5.74) is 1.33. The molecule has 9 heteroatoms. The fourth-order valence-corrected chi connectivity index (χ4v) is 4.21. The van der Waals surface area contributed by atoms with Gasteiger partial charge in [0.15, 0.2) is 11.4 Å². The third-order valence-corrected chi connectivity index (χ3v) is 5.62. The summed E-state index contributed by atoms with van der Waals surface area (Å²) in [5, 5.41) is 0. The molecule has 2 aromatic carbocycles. The molecule has 0 unspecified atom stereocenters. The molecule has 0 aliphatic heterocycles. The van der Waals surface area contributed by atoms with Crippen LogP contribution < -0.4 is 14.3 Å². The van der Waals surface area contributed by atoms with Crippen molar-refractivity contribution in [3.05, 3.63) is 52.8 Å². The average molecular weight is 473 g/mol. The lowest BCUT2D eigenvalue weighted by Gasteiger charge is -2.07. The van der Waals surface area contributed by atoms with Crippen LogP contribution in [-0.4, -0.2) is 49.5 Å². The number of carbonyl (C=O) groups is 2. The van der Waals surface area contributed by atoms with Crippen molar-refractivity contribution in [3.8, 4) is 11.5 Å². The molecular weight excluding hydrogens is 444 g/mol. The number of ether oxygens (including phenoxy) is 4. The molecule has 1 heterocycles. The highest BCUT2D eigenvalue weighted by Gasteiger charge is 2.13. The lowest BCUT2D eigenvalue weighted by atomic mass is 10.2. The van der Waals surface area contributed by atoms with E-state index in [1.807, 2.05) is 24.5 Å². The smallest absolute Gasteiger partial charge is 0.338 e. The number of aromatic nitrogens is 1. The molecule has 3 aromatic rings. The fourth-order valence-electron chi connectivity index (χ4n) is 3.10. The van der Waals surface area contributed by atoms with E-state index in [0.29, 0.717) is 49.1 Å². The molecule has 0 bridgehead atoms. The third kappa shape index (κ3) is 6.66. The Morgan fingerprint density at radius 3 is 2.33 bits per heavy atom. The number of fused-ring (bicyclic) bond motifs is 1. The highest BCUT2D eigenvalue weighted by molar-refractivity contribution is 7.16. The van der Waals surface area contributed by atoms with Crippen LogP contribution in [0.3, 0.4) is 0 Å². The molecular formula is C24H28N2O6S. The van der Waals surface area contributed by atoms with Gasteiger partial charge in [-0.05, 0) is 63.2 Å². The molecule has 0 saturated heterocycles. The topological polar surface area (TPSA) is 88.4 Å². The highest BCUT2D eigenvalue weighted by Crippen LogP contribution is 2.20. The predicted molar refractivity (Wildman–Crippen MR) is 126 cm³/mol. The fraction of sp³-hybridized carbons (Fsp3) is 0.375. The number of benzene rings is 2. The Balaban J connectivity index is 1.82. The molecule has 3 rings (SSSR count). The predicted octanol–water partition coefficient (Wildman–Crippen LogP) is 3.82. The van der Waals surface area contributed by atoms with Crippen LogP contribution in [0.5, 0.6) is 11.5 Å². The number of thiazole rings is 1. The molecule has 0 saturated carbocycles. The van der Waals surface area contributed by atoms with Crippen LogP contribution in [0.15, 0.2) is 47.5 Å². The Morgan fingerprint density at radius 2 is 1.67 bits per heavy atom. The van der Waals surface area contributed by atoms with Crippen LogP contribution >= 0.6 is 11.3 Å². The summed E-state index contributed by atoms with van der Waals surface area (Å²) in [4.78, 5) is 29.4. The summed E-state index contributed by atoms with van der Waals surface area (Å²) in [6.07, 6.45) is 0. The standard InChI is InChI=1S/C24H28N2O6S/c1-4-29-14-13-26-20-12-7-17(23(28)31-6-3)15-21(20)33-24(26)25-22(27)16-32-19-10-8-18(9-11-19)30-5-2/h7-12,15H,4-6,13-14,16H2,1-3H3. The zero-order valence-electron chi connectivity index (χ0n) is 19.0. The number of amides is 1. The van der Waals surface area contributed by atoms with Gasteiger partial charge >= 0.3 is 5.97 Å². The van der Waals surface area contributed by atoms with Gasteiger partial charge in [-0.2, -0.15) is 4.99 Å². The first-order valence-corrected chi connectivity index (χ1v) is 11.7. The van der Waals surface area contributed by atoms with Crippen molar-refractivity contribution in [2.75, 3.05) is 33.0 Å². The molecule has 33 heavy (non-hydrogen) atoms. The summed E-state index contributed by atoms with van der Waals surface area (Å²) >= 11 is 1.33. The molecule has 0 aliphatic rings. The number of hydrogen-bond acceptors (Lipinski definition) is 7. The Kier molecular flexibility index (Phi) is 9.03. The van der Waals surface area contributed by atoms with Crippen molar-refractivity contribution in [1.29, 1.82) is 0 Å². The first-order valence-electron chi connectivity index (χ1n) is 10.9. The Bertz CT molecular complexity index is 1150. The maximum absolute atomic E-state index is 12.5. The van der Waals surface area contributed by atoms with Crippen molar-refractivity contribution in [2.24, 2.45) is 4.99 Å². The zero-order chi connectivity index (χ0) is 23.6. The molecule has 176 valence electrons. The van der Waals surface area contributed by atoms with Crippen LogP contribution in [0.4, 0.5) is 0 Å². The van der Waals surface area contributed by atoms with E-state index < -0.39 is 5.91 Å². The number of esters is 1. The van der Waals surface area contributed by atoms with E-state index in [9.17, 15) is 9.59 Å². The molecule has 1 amide bonds. The summed E-state index contributed by atoms with van der Waals surface area (Å²) in [5.74, 6) is 0.503. The van der Waals surface area contributed by atoms with Crippen molar-refractivity contribution >= 4 is 33.4 Å². The molecule has 0 spiro atoms. The monoisotopic (exact) mass is 472 g/mol. The quantitative estimate of drug-likeness (QED) is 0.311. The largest absolute Gasteiger partial charge is 0.494 e. The van der Waals surface area contributed by atoms with Crippen molar-refractivity contribution < 1.29 is 28.5 Å². The van der Waals surface area contributed by atoms with Gasteiger partial charge in [0.05, 0.1) is 35.6 Å². The van der Waals surface area contributed by atoms with Gasteiger partial charge in [-0.1, -0.05) is 11.3 Å². The van der Waals surface area contributed by atoms with Crippen LogP contribution in [0.1, 0.15) is 31.1 Å². The summed E-state index contributed by atoms with van der Waals surface area (Å²) in [7, 11) is 0. The average Bonchev–Trinajstić information content (AvgIpc) is 3.15. The summed E-state index contributed by atoms with van der Waals surface area (Å²) in [6, 6.07) is 12.4. The summed E-state index contributed by atoms with van der Waals surface area (Å²) in [6.45, 7) is 7.90. The van der Waals surface area contributed by atoms with Gasteiger partial charge in [0.25, 0.3) is 5.91 Å². The minimum absolute atomic E-state index is 0.193. The molecule has 0 N–H and O–H groups in total. The highest BCUT2D eigenvalue weighted by atomic mass is 32.1. The Morgan fingerprint density at radius 1 is 0.939 bits per heavy atom. The van der Waals surface area contributed by atoms with Gasteiger partial charge in [-0.3, -0.25) is 4.79 Å². The minimum atomic E-state index is -0.411. The molecule has 0 fully saturated rings. The lowest BCUT2D eigenvalue weighted by Crippen LogP contribution is -2.21. The van der Waals surface area contributed by atoms with Crippen molar-refractivity contribution in [3.63, 3.8) is 0 Å². The molecule has 8 nitrogen and oxygen atoms in total. The van der Waals surface area contributed by atoms with Gasteiger partial charge in [0.2, 0.25) is 0 Å². The Labute approximate surface area is 196 Å². The maximum atomic E-state index is 12.5. The maximum Gasteiger partial charge on any atom is 0.338 e. The van der Waals surface area contributed by atoms with Gasteiger partial charge < -0.3 is 23.5 Å². The van der Waals surface area contributed by atoms with Gasteiger partial charge in [0.1, 0.15) is 11.5 Å². The number of rotatable bonds is 11. The van der Waals surface area contributed by atoms with Gasteiger partial charge in [-0.25, -0.2) is 4.79 Å². The first kappa shape index (κ1) is 24.5. The number of hydrogen-bond donors (Lipinski definition) is 0. The van der Waals surface area contributed by atoms with Crippen molar-refractivity contribution in [2.45, 2.75) is 27.3 Å². The number of carbonyl (C=O) groups excluding carboxylic acids is 2. The number of nitrogens with zero attached hydrogens (tertiary/aromatic N) is 2. The van der Waals surface area contributed by atoms with E-state index in [0.717, 1.165) is 16.0 Å². The minimum Gasteiger partial charge on any atom is -0.494 e. The van der Waals surface area contributed by atoms with Crippen LogP contribution in [-0.2, 0) is 20.8 Å². The van der Waals surface area contributed by atoms with E-state index in [2.05, 4.69) is 4.99 Å².